The van der Waals surface area contributed by atoms with E-state index in [-0.39, 0.29) is 28.7 Å². The Balaban J connectivity index is 1.62. The molecule has 2 aromatic heterocycles. The highest BCUT2D eigenvalue weighted by Gasteiger charge is 2.38. The monoisotopic (exact) mass is 448 g/mol. The first-order valence-electron chi connectivity index (χ1n) is 9.80. The van der Waals surface area contributed by atoms with Gasteiger partial charge in [-0.3, -0.25) is 19.3 Å². The molecule has 0 atom stereocenters. The van der Waals surface area contributed by atoms with E-state index in [0.717, 1.165) is 5.39 Å². The van der Waals surface area contributed by atoms with Crippen LogP contribution in [0.25, 0.3) is 17.1 Å². The molecule has 4 heterocycles. The van der Waals surface area contributed by atoms with E-state index < -0.39 is 28.4 Å². The molecule has 0 aliphatic carbocycles. The standard InChI is InChI=1S/C20H24N4O6S/c1-12(2)29-20(26)16-17(25)15(10-13-11-22-18-14(13)4-3-5-21-18)30-19(16)23-24-6-8-31(27,28)9-7-24/h3-5,10-12,23,27-28H,6-9H2,1-2H3,(H,21,22)/b15-10-. The van der Waals surface area contributed by atoms with Crippen LogP contribution < -0.4 is 5.43 Å². The molecule has 0 radical (unpaired) electrons. The van der Waals surface area contributed by atoms with Gasteiger partial charge in [0.1, 0.15) is 5.65 Å². The van der Waals surface area contributed by atoms with Crippen LogP contribution in [0.4, 0.5) is 0 Å². The molecule has 0 aromatic carbocycles. The van der Waals surface area contributed by atoms with Crippen LogP contribution in [-0.4, -0.2) is 66.5 Å². The number of nitrogens with one attached hydrogen (secondary N) is 2. The maximum absolute atomic E-state index is 13.0. The third kappa shape index (κ3) is 4.59. The molecular weight excluding hydrogens is 424 g/mol. The lowest BCUT2D eigenvalue weighted by atomic mass is 10.1. The number of hydrogen-bond acceptors (Lipinski definition) is 9. The number of aromatic nitrogens is 2. The highest BCUT2D eigenvalue weighted by Crippen LogP contribution is 2.40. The minimum atomic E-state index is -2.59. The van der Waals surface area contributed by atoms with Crippen LogP contribution in [0, 0.1) is 0 Å². The lowest BCUT2D eigenvalue weighted by molar-refractivity contribution is -0.143. The summed E-state index contributed by atoms with van der Waals surface area (Å²) in [5.74, 6) is -1.04. The molecule has 0 bridgehead atoms. The van der Waals surface area contributed by atoms with E-state index in [4.69, 9.17) is 9.47 Å². The fraction of sp³-hybridized carbons (Fsp3) is 0.350. The Morgan fingerprint density at radius 1 is 1.39 bits per heavy atom. The number of Topliss-reactive ketones (excluding diaryl/α,β-unsaturated/α-hetero) is 1. The molecule has 2 aliphatic rings. The number of hydrazine groups is 1. The van der Waals surface area contributed by atoms with Gasteiger partial charge in [0.25, 0.3) is 0 Å². The molecule has 2 aromatic rings. The Kier molecular flexibility index (Phi) is 5.75. The molecule has 0 amide bonds. The van der Waals surface area contributed by atoms with Crippen LogP contribution in [-0.2, 0) is 19.1 Å². The van der Waals surface area contributed by atoms with Crippen molar-refractivity contribution < 1.29 is 28.2 Å². The number of pyridine rings is 1. The van der Waals surface area contributed by atoms with Crippen molar-refractivity contribution in [3.05, 3.63) is 47.3 Å². The van der Waals surface area contributed by atoms with Crippen molar-refractivity contribution in [2.24, 2.45) is 0 Å². The molecule has 11 heteroatoms. The number of fused-ring (bicyclic) bond motifs is 1. The molecule has 0 spiro atoms. The second-order valence-electron chi connectivity index (χ2n) is 7.55. The maximum Gasteiger partial charge on any atom is 0.348 e. The zero-order chi connectivity index (χ0) is 22.2. The molecule has 31 heavy (non-hydrogen) atoms. The molecule has 10 nitrogen and oxygen atoms in total. The maximum atomic E-state index is 13.0. The van der Waals surface area contributed by atoms with Crippen molar-refractivity contribution in [2.45, 2.75) is 20.0 Å². The van der Waals surface area contributed by atoms with Crippen molar-refractivity contribution in [3.63, 3.8) is 0 Å². The van der Waals surface area contributed by atoms with E-state index in [1.54, 1.807) is 43.4 Å². The Bertz CT molecular complexity index is 1080. The van der Waals surface area contributed by atoms with Gasteiger partial charge in [-0.1, -0.05) is 0 Å². The molecular formula is C20H24N4O6S. The number of aromatic amines is 1. The summed E-state index contributed by atoms with van der Waals surface area (Å²) in [5.41, 5.74) is 4.07. The largest absolute Gasteiger partial charge is 0.459 e. The Morgan fingerprint density at radius 3 is 2.84 bits per heavy atom. The summed E-state index contributed by atoms with van der Waals surface area (Å²) in [4.78, 5) is 32.9. The van der Waals surface area contributed by atoms with Gasteiger partial charge >= 0.3 is 5.97 Å². The van der Waals surface area contributed by atoms with E-state index in [0.29, 0.717) is 24.3 Å². The van der Waals surface area contributed by atoms with Crippen molar-refractivity contribution in [2.75, 3.05) is 24.6 Å². The number of ketones is 1. The topological polar surface area (TPSA) is 137 Å². The molecule has 1 fully saturated rings. The van der Waals surface area contributed by atoms with Crippen molar-refractivity contribution in [1.82, 2.24) is 20.4 Å². The predicted octanol–water partition coefficient (Wildman–Crippen LogP) is 2.24. The summed E-state index contributed by atoms with van der Waals surface area (Å²) in [7, 11) is -2.59. The summed E-state index contributed by atoms with van der Waals surface area (Å²) in [6.07, 6.45) is 4.50. The normalized spacial score (nSPS) is 21.6. The van der Waals surface area contributed by atoms with Crippen LogP contribution >= 0.6 is 10.6 Å². The average Bonchev–Trinajstić information content (AvgIpc) is 3.24. The van der Waals surface area contributed by atoms with Crippen molar-refractivity contribution >= 4 is 39.5 Å². The fourth-order valence-corrected chi connectivity index (χ4v) is 4.52. The quantitative estimate of drug-likeness (QED) is 0.308. The first-order chi connectivity index (χ1) is 14.7. The first kappa shape index (κ1) is 21.4. The SMILES string of the molecule is CC(C)OC(=O)C1=C(NN2CCS(O)(O)CC2)O/C(=C\c2c[nH]c3ncccc23)C1=O. The molecule has 4 rings (SSSR count). The zero-order valence-electron chi connectivity index (χ0n) is 17.1. The third-order valence-electron chi connectivity index (χ3n) is 4.84. The van der Waals surface area contributed by atoms with Gasteiger partial charge in [0.2, 0.25) is 11.7 Å². The van der Waals surface area contributed by atoms with Gasteiger partial charge in [0, 0.05) is 36.4 Å². The summed E-state index contributed by atoms with van der Waals surface area (Å²) >= 11 is 0. The summed E-state index contributed by atoms with van der Waals surface area (Å²) < 4.78 is 30.6. The van der Waals surface area contributed by atoms with Crippen molar-refractivity contribution in [3.8, 4) is 0 Å². The number of carbonyl (C=O) groups excluding carboxylic acids is 2. The minimum Gasteiger partial charge on any atom is -0.459 e. The number of esters is 1. The van der Waals surface area contributed by atoms with E-state index in [1.165, 1.54) is 0 Å². The highest BCUT2D eigenvalue weighted by atomic mass is 32.3. The second-order valence-corrected chi connectivity index (χ2v) is 9.97. The number of hydrogen-bond donors (Lipinski definition) is 4. The summed E-state index contributed by atoms with van der Waals surface area (Å²) in [6.45, 7) is 4.03. The van der Waals surface area contributed by atoms with Crippen LogP contribution in [0.15, 0.2) is 41.7 Å². The number of H-pyrrole nitrogens is 1. The number of carbonyl (C=O) groups is 2. The minimum absolute atomic E-state index is 0.0238. The van der Waals surface area contributed by atoms with Gasteiger partial charge in [-0.15, -0.1) is 0 Å². The van der Waals surface area contributed by atoms with E-state index in [9.17, 15) is 18.7 Å². The predicted molar refractivity (Wildman–Crippen MR) is 116 cm³/mol. The Labute approximate surface area is 180 Å². The average molecular weight is 449 g/mol. The number of allylic oxidation sites excluding steroid dienone is 1. The first-order valence-corrected chi connectivity index (χ1v) is 11.7. The van der Waals surface area contributed by atoms with Crippen LogP contribution in [0.3, 0.4) is 0 Å². The lowest BCUT2D eigenvalue weighted by Gasteiger charge is -2.41. The summed E-state index contributed by atoms with van der Waals surface area (Å²) in [5, 5.41) is 2.49. The van der Waals surface area contributed by atoms with Gasteiger partial charge in [-0.05, 0) is 32.1 Å². The van der Waals surface area contributed by atoms with E-state index >= 15 is 0 Å². The Hall–Kier alpha value is -2.86. The third-order valence-corrected chi connectivity index (χ3v) is 6.52. The van der Waals surface area contributed by atoms with Crippen molar-refractivity contribution in [1.29, 1.82) is 0 Å². The number of nitrogens with zero attached hydrogens (tertiary/aromatic N) is 2. The molecule has 4 N–H and O–H groups in total. The van der Waals surface area contributed by atoms with Crippen LogP contribution in [0.1, 0.15) is 19.4 Å². The summed E-state index contributed by atoms with van der Waals surface area (Å²) in [6, 6.07) is 3.64. The smallest absolute Gasteiger partial charge is 0.348 e. The molecule has 0 saturated carbocycles. The fourth-order valence-electron chi connectivity index (χ4n) is 3.29. The zero-order valence-corrected chi connectivity index (χ0v) is 17.9. The highest BCUT2D eigenvalue weighted by molar-refractivity contribution is 8.24. The molecule has 166 valence electrons. The van der Waals surface area contributed by atoms with E-state index in [1.807, 2.05) is 6.07 Å². The lowest BCUT2D eigenvalue weighted by Crippen LogP contribution is -2.46. The second kappa shape index (κ2) is 8.35. The van der Waals surface area contributed by atoms with Gasteiger partial charge in [0.05, 0.1) is 17.6 Å². The molecule has 1 saturated heterocycles. The van der Waals surface area contributed by atoms with Gasteiger partial charge in [-0.2, -0.15) is 10.6 Å². The van der Waals surface area contributed by atoms with Crippen LogP contribution in [0.5, 0.6) is 0 Å². The Morgan fingerprint density at radius 2 is 2.13 bits per heavy atom. The van der Waals surface area contributed by atoms with E-state index in [2.05, 4.69) is 15.4 Å². The van der Waals surface area contributed by atoms with Gasteiger partial charge in [-0.25, -0.2) is 14.8 Å². The van der Waals surface area contributed by atoms with Gasteiger partial charge in [0.15, 0.2) is 11.3 Å². The van der Waals surface area contributed by atoms with Gasteiger partial charge < -0.3 is 14.5 Å². The number of rotatable bonds is 5. The molecule has 2 aliphatic heterocycles. The number of ether oxygens (including phenoxy) is 2. The van der Waals surface area contributed by atoms with Crippen LogP contribution in [0.2, 0.25) is 0 Å². The molecule has 0 unspecified atom stereocenters.